The van der Waals surface area contributed by atoms with Gasteiger partial charge in [0, 0.05) is 18.3 Å². The van der Waals surface area contributed by atoms with Crippen LogP contribution < -0.4 is 20.1 Å². The van der Waals surface area contributed by atoms with Crippen LogP contribution in [0.4, 0.5) is 16.2 Å². The summed E-state index contributed by atoms with van der Waals surface area (Å²) in [6, 6.07) is 12.2. The Morgan fingerprint density at radius 3 is 2.38 bits per heavy atom. The summed E-state index contributed by atoms with van der Waals surface area (Å²) < 4.78 is 32.5. The highest BCUT2D eigenvalue weighted by Crippen LogP contribution is 2.21. The Morgan fingerprint density at radius 1 is 1.08 bits per heavy atom. The summed E-state index contributed by atoms with van der Waals surface area (Å²) in [5.41, 5.74) is 0.909. The van der Waals surface area contributed by atoms with Crippen LogP contribution in [0.15, 0.2) is 53.4 Å². The van der Waals surface area contributed by atoms with Crippen molar-refractivity contribution in [2.75, 3.05) is 23.7 Å². The number of carbonyl (C=O) groups is 1. The van der Waals surface area contributed by atoms with E-state index in [1.54, 1.807) is 24.3 Å². The van der Waals surface area contributed by atoms with Crippen LogP contribution in [0, 0.1) is 5.92 Å². The van der Waals surface area contributed by atoms with E-state index < -0.39 is 10.0 Å². The van der Waals surface area contributed by atoms with Crippen LogP contribution in [0.25, 0.3) is 0 Å². The Bertz CT molecular complexity index is 849. The van der Waals surface area contributed by atoms with E-state index in [4.69, 9.17) is 4.74 Å². The average Bonchev–Trinajstić information content (AvgIpc) is 2.60. The maximum atomic E-state index is 12.5. The number of methoxy groups -OCH3 is 1. The number of urea groups is 1. The summed E-state index contributed by atoms with van der Waals surface area (Å²) in [5.74, 6) is 0.896. The minimum atomic E-state index is -3.74. The molecule has 140 valence electrons. The monoisotopic (exact) mass is 377 g/mol. The molecular weight excluding hydrogens is 354 g/mol. The topological polar surface area (TPSA) is 96.5 Å². The minimum absolute atomic E-state index is 0.0912. The lowest BCUT2D eigenvalue weighted by atomic mass is 10.2. The zero-order valence-corrected chi connectivity index (χ0v) is 15.8. The molecule has 0 aliphatic carbocycles. The fourth-order valence-electron chi connectivity index (χ4n) is 2.09. The molecule has 2 aromatic carbocycles. The van der Waals surface area contributed by atoms with Crippen molar-refractivity contribution < 1.29 is 17.9 Å². The highest BCUT2D eigenvalue weighted by Gasteiger charge is 2.14. The molecule has 0 spiro atoms. The van der Waals surface area contributed by atoms with Gasteiger partial charge >= 0.3 is 6.03 Å². The Labute approximate surface area is 153 Å². The standard InChI is InChI=1S/C18H23N3O4S/c1-13(2)12-19-18(22)20-14-7-9-17(10-8-14)26(23,24)21-15-5-4-6-16(11-15)25-3/h4-11,13,21H,12H2,1-3H3,(H2,19,20,22). The highest BCUT2D eigenvalue weighted by atomic mass is 32.2. The summed E-state index contributed by atoms with van der Waals surface area (Å²) in [7, 11) is -2.23. The van der Waals surface area contributed by atoms with E-state index in [0.717, 1.165) is 0 Å². The molecule has 8 heteroatoms. The second-order valence-corrected chi connectivity index (χ2v) is 7.77. The predicted octanol–water partition coefficient (Wildman–Crippen LogP) is 3.27. The fraction of sp³-hybridized carbons (Fsp3) is 0.278. The first-order chi connectivity index (χ1) is 12.3. The van der Waals surface area contributed by atoms with Crippen molar-refractivity contribution in [1.82, 2.24) is 5.32 Å². The molecule has 3 N–H and O–H groups in total. The van der Waals surface area contributed by atoms with E-state index in [9.17, 15) is 13.2 Å². The molecule has 0 saturated heterocycles. The largest absolute Gasteiger partial charge is 0.497 e. The van der Waals surface area contributed by atoms with Crippen LogP contribution in [0.1, 0.15) is 13.8 Å². The first kappa shape index (κ1) is 19.6. The third-order valence-electron chi connectivity index (χ3n) is 3.42. The molecule has 0 saturated carbocycles. The number of sulfonamides is 1. The Balaban J connectivity index is 2.05. The van der Waals surface area contributed by atoms with Crippen LogP contribution in [0.3, 0.4) is 0 Å². The van der Waals surface area contributed by atoms with Gasteiger partial charge in [-0.25, -0.2) is 13.2 Å². The number of carbonyl (C=O) groups excluding carboxylic acids is 1. The smallest absolute Gasteiger partial charge is 0.319 e. The Morgan fingerprint density at radius 2 is 1.77 bits per heavy atom. The van der Waals surface area contributed by atoms with Gasteiger partial charge in [0.15, 0.2) is 0 Å². The molecule has 0 unspecified atom stereocenters. The number of ether oxygens (including phenoxy) is 1. The third-order valence-corrected chi connectivity index (χ3v) is 4.81. The van der Waals surface area contributed by atoms with Crippen molar-refractivity contribution in [2.45, 2.75) is 18.7 Å². The number of amides is 2. The average molecular weight is 377 g/mol. The van der Waals surface area contributed by atoms with Gasteiger partial charge in [-0.05, 0) is 42.3 Å². The van der Waals surface area contributed by atoms with E-state index in [2.05, 4.69) is 15.4 Å². The van der Waals surface area contributed by atoms with Crippen LogP contribution in [-0.2, 0) is 10.0 Å². The summed E-state index contributed by atoms with van der Waals surface area (Å²) in [6.07, 6.45) is 0. The molecule has 0 heterocycles. The van der Waals surface area contributed by atoms with Crippen LogP contribution in [0.5, 0.6) is 5.75 Å². The number of hydrogen-bond acceptors (Lipinski definition) is 4. The van der Waals surface area contributed by atoms with Crippen molar-refractivity contribution in [3.05, 3.63) is 48.5 Å². The van der Waals surface area contributed by atoms with Crippen molar-refractivity contribution in [1.29, 1.82) is 0 Å². The van der Waals surface area contributed by atoms with E-state index in [1.807, 2.05) is 13.8 Å². The van der Waals surface area contributed by atoms with E-state index >= 15 is 0 Å². The van der Waals surface area contributed by atoms with Gasteiger partial charge in [-0.3, -0.25) is 4.72 Å². The predicted molar refractivity (Wildman–Crippen MR) is 102 cm³/mol. The molecule has 0 aliphatic rings. The summed E-state index contributed by atoms with van der Waals surface area (Å²) in [4.78, 5) is 11.8. The number of rotatable bonds is 7. The van der Waals surface area contributed by atoms with Crippen LogP contribution >= 0.6 is 0 Å². The first-order valence-corrected chi connectivity index (χ1v) is 9.60. The maximum absolute atomic E-state index is 12.5. The zero-order chi connectivity index (χ0) is 19.2. The molecule has 2 amide bonds. The molecular formula is C18H23N3O4S. The van der Waals surface area contributed by atoms with Crippen molar-refractivity contribution in [2.24, 2.45) is 5.92 Å². The minimum Gasteiger partial charge on any atom is -0.497 e. The van der Waals surface area contributed by atoms with Crippen molar-refractivity contribution in [3.8, 4) is 5.75 Å². The summed E-state index contributed by atoms with van der Waals surface area (Å²) in [5, 5.41) is 5.39. The van der Waals surface area contributed by atoms with Gasteiger partial charge in [-0.15, -0.1) is 0 Å². The lowest BCUT2D eigenvalue weighted by Crippen LogP contribution is -2.31. The Hall–Kier alpha value is -2.74. The third kappa shape index (κ3) is 5.66. The molecule has 0 fully saturated rings. The number of benzene rings is 2. The number of hydrogen-bond donors (Lipinski definition) is 3. The maximum Gasteiger partial charge on any atom is 0.319 e. The second-order valence-electron chi connectivity index (χ2n) is 6.09. The molecule has 2 rings (SSSR count). The molecule has 0 bridgehead atoms. The number of anilines is 2. The van der Waals surface area contributed by atoms with Gasteiger partial charge in [-0.2, -0.15) is 0 Å². The van der Waals surface area contributed by atoms with Crippen molar-refractivity contribution >= 4 is 27.4 Å². The summed E-state index contributed by atoms with van der Waals surface area (Å²) in [6.45, 7) is 4.55. The van der Waals surface area contributed by atoms with Gasteiger partial charge in [0.05, 0.1) is 17.7 Å². The van der Waals surface area contributed by atoms with Crippen molar-refractivity contribution in [3.63, 3.8) is 0 Å². The molecule has 0 aromatic heterocycles. The SMILES string of the molecule is COc1cccc(NS(=O)(=O)c2ccc(NC(=O)NCC(C)C)cc2)c1. The van der Waals surface area contributed by atoms with Gasteiger partial charge in [0.1, 0.15) is 5.75 Å². The van der Waals surface area contributed by atoms with E-state index in [0.29, 0.717) is 29.6 Å². The van der Waals surface area contributed by atoms with Gasteiger partial charge < -0.3 is 15.4 Å². The lowest BCUT2D eigenvalue weighted by molar-refractivity contribution is 0.251. The normalized spacial score (nSPS) is 11.1. The highest BCUT2D eigenvalue weighted by molar-refractivity contribution is 7.92. The molecule has 7 nitrogen and oxygen atoms in total. The van der Waals surface area contributed by atoms with Gasteiger partial charge in [-0.1, -0.05) is 19.9 Å². The van der Waals surface area contributed by atoms with E-state index in [1.165, 1.54) is 31.4 Å². The zero-order valence-electron chi connectivity index (χ0n) is 14.9. The lowest BCUT2D eigenvalue weighted by Gasteiger charge is -2.11. The molecule has 2 aromatic rings. The second kappa shape index (κ2) is 8.57. The fourth-order valence-corrected chi connectivity index (χ4v) is 3.14. The van der Waals surface area contributed by atoms with E-state index in [-0.39, 0.29) is 10.9 Å². The van der Waals surface area contributed by atoms with Gasteiger partial charge in [0.2, 0.25) is 0 Å². The first-order valence-electron chi connectivity index (χ1n) is 8.12. The molecule has 26 heavy (non-hydrogen) atoms. The van der Waals surface area contributed by atoms with Gasteiger partial charge in [0.25, 0.3) is 10.0 Å². The number of nitrogens with one attached hydrogen (secondary N) is 3. The summed E-state index contributed by atoms with van der Waals surface area (Å²) >= 11 is 0. The van der Waals surface area contributed by atoms with Crippen LogP contribution in [0.2, 0.25) is 0 Å². The molecule has 0 aliphatic heterocycles. The molecule has 0 atom stereocenters. The molecule has 0 radical (unpaired) electrons. The quantitative estimate of drug-likeness (QED) is 0.690. The Kier molecular flexibility index (Phi) is 6.46. The van der Waals surface area contributed by atoms with Crippen LogP contribution in [-0.4, -0.2) is 28.1 Å².